The number of nitrogens with zero attached hydrogens (tertiary/aromatic N) is 4. The van der Waals surface area contributed by atoms with Crippen molar-refractivity contribution in [3.8, 4) is 10.4 Å². The van der Waals surface area contributed by atoms with Gasteiger partial charge in [-0.3, -0.25) is 14.0 Å². The highest BCUT2D eigenvalue weighted by Crippen LogP contribution is 2.44. The summed E-state index contributed by atoms with van der Waals surface area (Å²) in [4.78, 5) is 39.0. The summed E-state index contributed by atoms with van der Waals surface area (Å²) in [5.41, 5.74) is 1.84. The summed E-state index contributed by atoms with van der Waals surface area (Å²) in [5, 5.41) is 5.59. The number of hydrogen-bond donors (Lipinski definition) is 1. The van der Waals surface area contributed by atoms with Crippen molar-refractivity contribution in [2.45, 2.75) is 45.2 Å². The summed E-state index contributed by atoms with van der Waals surface area (Å²) in [6.07, 6.45) is 4.62. The number of aromatic nitrogens is 3. The largest absolute Gasteiger partial charge is 0.349 e. The van der Waals surface area contributed by atoms with Crippen LogP contribution in [0.15, 0.2) is 29.8 Å². The fourth-order valence-corrected chi connectivity index (χ4v) is 7.32. The second-order valence-corrected chi connectivity index (χ2v) is 11.4. The molecule has 186 valence electrons. The van der Waals surface area contributed by atoms with Gasteiger partial charge in [0.15, 0.2) is 16.6 Å². The van der Waals surface area contributed by atoms with E-state index in [0.717, 1.165) is 36.4 Å². The van der Waals surface area contributed by atoms with Crippen molar-refractivity contribution in [3.05, 3.63) is 63.5 Å². The van der Waals surface area contributed by atoms with Crippen LogP contribution < -0.4 is 5.32 Å². The highest BCUT2D eigenvalue weighted by atomic mass is 32.1. The quantitative estimate of drug-likeness (QED) is 0.403. The van der Waals surface area contributed by atoms with Crippen LogP contribution in [0, 0.1) is 31.4 Å². The van der Waals surface area contributed by atoms with E-state index < -0.39 is 11.6 Å². The molecule has 0 radical (unpaired) electrons. The summed E-state index contributed by atoms with van der Waals surface area (Å²) < 4.78 is 29.3. The summed E-state index contributed by atoms with van der Waals surface area (Å²) in [7, 11) is 0. The fraction of sp³-hybridized carbons (Fsp3) is 0.360. The number of likely N-dealkylation sites (tertiary alicyclic amines) is 1. The van der Waals surface area contributed by atoms with Crippen molar-refractivity contribution in [3.63, 3.8) is 0 Å². The first-order valence-corrected chi connectivity index (χ1v) is 13.5. The van der Waals surface area contributed by atoms with Gasteiger partial charge in [0.1, 0.15) is 11.4 Å². The molecule has 11 heteroatoms. The van der Waals surface area contributed by atoms with Gasteiger partial charge in [-0.05, 0) is 56.7 Å². The maximum atomic E-state index is 14.0. The van der Waals surface area contributed by atoms with Crippen LogP contribution in [-0.2, 0) is 0 Å². The molecule has 7 nitrogen and oxygen atoms in total. The Morgan fingerprint density at radius 1 is 1.17 bits per heavy atom. The topological polar surface area (TPSA) is 79.6 Å². The van der Waals surface area contributed by atoms with E-state index in [9.17, 15) is 18.4 Å². The molecule has 2 bridgehead atoms. The van der Waals surface area contributed by atoms with E-state index in [1.54, 1.807) is 11.3 Å². The molecule has 0 unspecified atom stereocenters. The second kappa shape index (κ2) is 8.74. The molecule has 2 aliphatic rings. The van der Waals surface area contributed by atoms with Gasteiger partial charge in [-0.25, -0.2) is 18.7 Å². The number of thiazole rings is 2. The number of rotatable bonds is 5. The number of hydrogen-bond acceptors (Lipinski definition) is 6. The number of benzene rings is 1. The van der Waals surface area contributed by atoms with Crippen LogP contribution >= 0.6 is 22.7 Å². The van der Waals surface area contributed by atoms with E-state index in [1.807, 2.05) is 23.4 Å². The number of amides is 2. The zero-order chi connectivity index (χ0) is 25.1. The average Bonchev–Trinajstić information content (AvgIpc) is 3.65. The van der Waals surface area contributed by atoms with Crippen LogP contribution in [-0.4, -0.2) is 49.7 Å². The van der Waals surface area contributed by atoms with Crippen LogP contribution in [0.2, 0.25) is 0 Å². The van der Waals surface area contributed by atoms with Gasteiger partial charge in [0.05, 0.1) is 21.6 Å². The fourth-order valence-electron chi connectivity index (χ4n) is 5.65. The molecule has 6 rings (SSSR count). The lowest BCUT2D eigenvalue weighted by Crippen LogP contribution is -2.50. The van der Waals surface area contributed by atoms with E-state index >= 15 is 0 Å². The molecule has 0 spiro atoms. The Balaban J connectivity index is 1.27. The Kier molecular flexibility index (Phi) is 5.64. The third kappa shape index (κ3) is 3.72. The molecule has 1 aromatic carbocycles. The molecular weight excluding hydrogens is 504 g/mol. The minimum atomic E-state index is -0.965. The van der Waals surface area contributed by atoms with Crippen molar-refractivity contribution in [2.24, 2.45) is 5.92 Å². The molecule has 4 heterocycles. The Morgan fingerprint density at radius 3 is 2.81 bits per heavy atom. The zero-order valence-corrected chi connectivity index (χ0v) is 21.3. The highest BCUT2D eigenvalue weighted by Gasteiger charge is 2.49. The van der Waals surface area contributed by atoms with Gasteiger partial charge in [0, 0.05) is 24.2 Å². The first-order chi connectivity index (χ1) is 17.3. The number of piperidine rings is 1. The summed E-state index contributed by atoms with van der Waals surface area (Å²) in [6.45, 7) is 3.93. The number of carbonyl (C=O) groups excluding carboxylic acids is 2. The highest BCUT2D eigenvalue weighted by molar-refractivity contribution is 7.15. The second-order valence-electron chi connectivity index (χ2n) is 9.36. The van der Waals surface area contributed by atoms with Crippen molar-refractivity contribution < 1.29 is 18.4 Å². The van der Waals surface area contributed by atoms with Crippen LogP contribution in [0.25, 0.3) is 15.4 Å². The summed E-state index contributed by atoms with van der Waals surface area (Å²) in [5.74, 6) is -2.06. The molecule has 1 aliphatic carbocycles. The lowest BCUT2D eigenvalue weighted by molar-refractivity contribution is 0.0577. The van der Waals surface area contributed by atoms with Gasteiger partial charge in [-0.1, -0.05) is 6.07 Å². The normalized spacial score (nSPS) is 21.0. The SMILES string of the molecule is Cc1nc(C(=O)N2[C@@H]3CC[C@@H](C3)[C@H]2CNC(=O)c2c(C)nc3sccn23)c(-c2ccc(F)c(F)c2)s1. The minimum Gasteiger partial charge on any atom is -0.349 e. The molecule has 36 heavy (non-hydrogen) atoms. The maximum Gasteiger partial charge on any atom is 0.274 e. The molecular formula is C25H23F2N5O2S2. The van der Waals surface area contributed by atoms with Gasteiger partial charge in [-0.2, -0.15) is 0 Å². The number of imidazole rings is 1. The number of nitrogens with one attached hydrogen (secondary N) is 1. The molecule has 3 aromatic heterocycles. The average molecular weight is 528 g/mol. The number of carbonyl (C=O) groups is 2. The molecule has 2 fully saturated rings. The van der Waals surface area contributed by atoms with Crippen molar-refractivity contribution >= 4 is 39.4 Å². The van der Waals surface area contributed by atoms with Crippen LogP contribution in [0.1, 0.15) is 50.9 Å². The van der Waals surface area contributed by atoms with E-state index in [2.05, 4.69) is 15.3 Å². The predicted octanol–water partition coefficient (Wildman–Crippen LogP) is 4.84. The first kappa shape index (κ1) is 23.2. The molecule has 1 saturated carbocycles. The van der Waals surface area contributed by atoms with E-state index in [-0.39, 0.29) is 29.6 Å². The van der Waals surface area contributed by atoms with E-state index in [4.69, 9.17) is 0 Å². The lowest BCUT2D eigenvalue weighted by Gasteiger charge is -2.35. The van der Waals surface area contributed by atoms with Crippen molar-refractivity contribution in [2.75, 3.05) is 6.54 Å². The van der Waals surface area contributed by atoms with E-state index in [1.165, 1.54) is 28.7 Å². The van der Waals surface area contributed by atoms with Crippen molar-refractivity contribution in [1.82, 2.24) is 24.6 Å². The number of halogens is 2. The monoisotopic (exact) mass is 527 g/mol. The minimum absolute atomic E-state index is 0.0736. The van der Waals surface area contributed by atoms with Crippen molar-refractivity contribution in [1.29, 1.82) is 0 Å². The summed E-state index contributed by atoms with van der Waals surface area (Å²) in [6, 6.07) is 3.55. The maximum absolute atomic E-state index is 14.0. The Bertz CT molecular complexity index is 1510. The van der Waals surface area contributed by atoms with Gasteiger partial charge in [-0.15, -0.1) is 22.7 Å². The van der Waals surface area contributed by atoms with Crippen LogP contribution in [0.5, 0.6) is 0 Å². The van der Waals surface area contributed by atoms with Gasteiger partial charge >= 0.3 is 0 Å². The number of fused-ring (bicyclic) bond motifs is 3. The van der Waals surface area contributed by atoms with Gasteiger partial charge in [0.2, 0.25) is 0 Å². The smallest absolute Gasteiger partial charge is 0.274 e. The molecule has 3 atom stereocenters. The Morgan fingerprint density at radius 2 is 2.00 bits per heavy atom. The van der Waals surface area contributed by atoms with Crippen LogP contribution in [0.3, 0.4) is 0 Å². The molecule has 1 N–H and O–H groups in total. The predicted molar refractivity (Wildman–Crippen MR) is 133 cm³/mol. The molecule has 2 amide bonds. The molecule has 4 aromatic rings. The standard InChI is InChI=1S/C25H23F2N5O2S2/c1-12-21(31-7-8-35-25(31)29-12)23(33)28-11-19-14-3-5-16(9-14)32(19)24(34)20-22(36-13(2)30-20)15-4-6-17(26)18(27)10-15/h4,6-8,10,14,16,19H,3,5,9,11H2,1-2H3,(H,28,33)/t14-,16+,19+/m0/s1. The molecule has 1 aliphatic heterocycles. The van der Waals surface area contributed by atoms with E-state index in [0.29, 0.717) is 39.3 Å². The zero-order valence-electron chi connectivity index (χ0n) is 19.6. The third-order valence-corrected chi connectivity index (χ3v) is 8.99. The van der Waals surface area contributed by atoms with Crippen LogP contribution in [0.4, 0.5) is 8.78 Å². The Hall–Kier alpha value is -3.18. The lowest BCUT2D eigenvalue weighted by atomic mass is 9.98. The Labute approximate surface area is 213 Å². The first-order valence-electron chi connectivity index (χ1n) is 11.8. The number of aryl methyl sites for hydroxylation is 2. The van der Waals surface area contributed by atoms with Gasteiger partial charge < -0.3 is 10.2 Å². The third-order valence-electron chi connectivity index (χ3n) is 7.22. The summed E-state index contributed by atoms with van der Waals surface area (Å²) >= 11 is 2.75. The van der Waals surface area contributed by atoms with Gasteiger partial charge in [0.25, 0.3) is 11.8 Å². The molecule has 1 saturated heterocycles.